The Hall–Kier alpha value is -1.89. The maximum Gasteiger partial charge on any atom is 0.252 e. The first-order valence-electron chi connectivity index (χ1n) is 6.98. The van der Waals surface area contributed by atoms with Crippen LogP contribution in [0, 0.1) is 0 Å². The number of aliphatic hydroxyl groups excluding tert-OH is 1. The second-order valence-corrected chi connectivity index (χ2v) is 6.72. The second-order valence-electron chi connectivity index (χ2n) is 4.92. The number of halogens is 1. The zero-order chi connectivity index (χ0) is 16.2. The Morgan fingerprint density at radius 3 is 2.87 bits per heavy atom. The molecule has 1 aromatic carbocycles. The van der Waals surface area contributed by atoms with Crippen LogP contribution in [0.2, 0.25) is 0 Å². The molecule has 1 unspecified atom stereocenters. The molecule has 23 heavy (non-hydrogen) atoms. The molecule has 6 heteroatoms. The third-order valence-corrected chi connectivity index (χ3v) is 5.05. The lowest BCUT2D eigenvalue weighted by Gasteiger charge is -2.11. The van der Waals surface area contributed by atoms with E-state index in [1.165, 1.54) is 11.3 Å². The van der Waals surface area contributed by atoms with Gasteiger partial charge in [0.25, 0.3) is 5.91 Å². The Balaban J connectivity index is 1.62. The van der Waals surface area contributed by atoms with Crippen molar-refractivity contribution >= 4 is 33.2 Å². The maximum atomic E-state index is 12.1. The molecule has 0 aliphatic rings. The average Bonchev–Trinajstić information content (AvgIpc) is 3.23. The standard InChI is InChI=1S/C17H14BrNO3S/c18-13-5-2-1-4-12(13)17(21)19-9-14(20)16-8-11(10-23-16)15-6-3-7-22-15/h1-8,10,14,20H,9H2,(H,19,21). The van der Waals surface area contributed by atoms with E-state index in [1.807, 2.05) is 29.6 Å². The van der Waals surface area contributed by atoms with Gasteiger partial charge in [0.15, 0.2) is 0 Å². The van der Waals surface area contributed by atoms with Crippen LogP contribution in [0.5, 0.6) is 0 Å². The SMILES string of the molecule is O=C(NCC(O)c1cc(-c2ccco2)cs1)c1ccccc1Br. The Morgan fingerprint density at radius 2 is 2.13 bits per heavy atom. The van der Waals surface area contributed by atoms with Crippen molar-refractivity contribution in [1.82, 2.24) is 5.32 Å². The molecule has 3 aromatic rings. The molecule has 1 amide bonds. The molecule has 2 aromatic heterocycles. The highest BCUT2D eigenvalue weighted by Crippen LogP contribution is 2.29. The van der Waals surface area contributed by atoms with Crippen LogP contribution in [0.25, 0.3) is 11.3 Å². The van der Waals surface area contributed by atoms with Crippen LogP contribution in [0.15, 0.2) is 63.0 Å². The van der Waals surface area contributed by atoms with Crippen molar-refractivity contribution in [2.45, 2.75) is 6.10 Å². The summed E-state index contributed by atoms with van der Waals surface area (Å²) in [6.45, 7) is 0.151. The van der Waals surface area contributed by atoms with E-state index in [0.717, 1.165) is 20.7 Å². The summed E-state index contributed by atoms with van der Waals surface area (Å²) >= 11 is 4.78. The summed E-state index contributed by atoms with van der Waals surface area (Å²) in [5.41, 5.74) is 1.47. The molecule has 2 N–H and O–H groups in total. The van der Waals surface area contributed by atoms with E-state index < -0.39 is 6.10 Å². The zero-order valence-corrected chi connectivity index (χ0v) is 14.4. The van der Waals surface area contributed by atoms with Crippen molar-refractivity contribution in [2.75, 3.05) is 6.54 Å². The van der Waals surface area contributed by atoms with Gasteiger partial charge in [0.05, 0.1) is 11.8 Å². The topological polar surface area (TPSA) is 62.5 Å². The fourth-order valence-electron chi connectivity index (χ4n) is 2.13. The Kier molecular flexibility index (Phi) is 4.95. The molecule has 0 saturated carbocycles. The Bertz CT molecular complexity index is 798. The minimum Gasteiger partial charge on any atom is -0.464 e. The number of carbonyl (C=O) groups excluding carboxylic acids is 1. The second kappa shape index (κ2) is 7.12. The number of rotatable bonds is 5. The molecular formula is C17H14BrNO3S. The monoisotopic (exact) mass is 391 g/mol. The van der Waals surface area contributed by atoms with Crippen LogP contribution in [0.4, 0.5) is 0 Å². The first-order valence-corrected chi connectivity index (χ1v) is 8.65. The van der Waals surface area contributed by atoms with Gasteiger partial charge in [-0.15, -0.1) is 11.3 Å². The molecule has 0 saturated heterocycles. The van der Waals surface area contributed by atoms with Crippen LogP contribution >= 0.6 is 27.3 Å². The highest BCUT2D eigenvalue weighted by molar-refractivity contribution is 9.10. The number of nitrogens with one attached hydrogen (secondary N) is 1. The highest BCUT2D eigenvalue weighted by atomic mass is 79.9. The van der Waals surface area contributed by atoms with E-state index in [9.17, 15) is 9.90 Å². The van der Waals surface area contributed by atoms with Crippen LogP contribution in [-0.4, -0.2) is 17.6 Å². The van der Waals surface area contributed by atoms with Crippen LogP contribution in [0.1, 0.15) is 21.3 Å². The first-order chi connectivity index (χ1) is 11.1. The normalized spacial score (nSPS) is 12.1. The molecule has 0 bridgehead atoms. The molecule has 4 nitrogen and oxygen atoms in total. The maximum absolute atomic E-state index is 12.1. The summed E-state index contributed by atoms with van der Waals surface area (Å²) in [6.07, 6.45) is 0.858. The van der Waals surface area contributed by atoms with Crippen molar-refractivity contribution in [3.8, 4) is 11.3 Å². The lowest BCUT2D eigenvalue weighted by Crippen LogP contribution is -2.28. The summed E-state index contributed by atoms with van der Waals surface area (Å²) in [5.74, 6) is 0.538. The van der Waals surface area contributed by atoms with Gasteiger partial charge in [0.2, 0.25) is 0 Å². The number of benzene rings is 1. The fourth-order valence-corrected chi connectivity index (χ4v) is 3.48. The van der Waals surface area contributed by atoms with Crippen LogP contribution in [-0.2, 0) is 0 Å². The smallest absolute Gasteiger partial charge is 0.252 e. The minimum atomic E-state index is -0.754. The zero-order valence-electron chi connectivity index (χ0n) is 12.0. The predicted octanol–water partition coefficient (Wildman–Crippen LogP) is 4.23. The van der Waals surface area contributed by atoms with Crippen LogP contribution in [0.3, 0.4) is 0 Å². The first kappa shape index (κ1) is 16.0. The molecule has 0 aliphatic heterocycles. The summed E-state index contributed by atoms with van der Waals surface area (Å²) in [4.78, 5) is 12.9. The summed E-state index contributed by atoms with van der Waals surface area (Å²) in [7, 11) is 0. The van der Waals surface area contributed by atoms with E-state index in [0.29, 0.717) is 5.56 Å². The highest BCUT2D eigenvalue weighted by Gasteiger charge is 2.15. The summed E-state index contributed by atoms with van der Waals surface area (Å²) in [5, 5.41) is 14.9. The lowest BCUT2D eigenvalue weighted by atomic mass is 10.2. The molecular weight excluding hydrogens is 378 g/mol. The number of aliphatic hydroxyl groups is 1. The van der Waals surface area contributed by atoms with Gasteiger partial charge < -0.3 is 14.8 Å². The van der Waals surface area contributed by atoms with Gasteiger partial charge in [-0.1, -0.05) is 12.1 Å². The number of furan rings is 1. The predicted molar refractivity (Wildman–Crippen MR) is 93.5 cm³/mol. The largest absolute Gasteiger partial charge is 0.464 e. The van der Waals surface area contributed by atoms with E-state index in [-0.39, 0.29) is 12.5 Å². The quantitative estimate of drug-likeness (QED) is 0.683. The van der Waals surface area contributed by atoms with Crippen molar-refractivity contribution in [2.24, 2.45) is 0 Å². The Labute approximate surface area is 145 Å². The number of hydrogen-bond donors (Lipinski definition) is 2. The number of hydrogen-bond acceptors (Lipinski definition) is 4. The van der Waals surface area contributed by atoms with Gasteiger partial charge in [-0.25, -0.2) is 0 Å². The summed E-state index contributed by atoms with van der Waals surface area (Å²) < 4.78 is 6.06. The number of carbonyl (C=O) groups is 1. The molecule has 0 spiro atoms. The lowest BCUT2D eigenvalue weighted by molar-refractivity contribution is 0.0917. The summed E-state index contributed by atoms with van der Waals surface area (Å²) in [6, 6.07) is 12.7. The molecule has 3 rings (SSSR count). The van der Waals surface area contributed by atoms with E-state index in [2.05, 4.69) is 21.2 Å². The molecule has 2 heterocycles. The van der Waals surface area contributed by atoms with E-state index in [1.54, 1.807) is 24.5 Å². The Morgan fingerprint density at radius 1 is 1.30 bits per heavy atom. The van der Waals surface area contributed by atoms with Crippen molar-refractivity contribution in [3.05, 3.63) is 69.0 Å². The van der Waals surface area contributed by atoms with Gasteiger partial charge in [-0.2, -0.15) is 0 Å². The fraction of sp³-hybridized carbons (Fsp3) is 0.118. The third kappa shape index (κ3) is 3.72. The number of thiophene rings is 1. The molecule has 0 fully saturated rings. The minimum absolute atomic E-state index is 0.151. The van der Waals surface area contributed by atoms with Crippen molar-refractivity contribution in [1.29, 1.82) is 0 Å². The van der Waals surface area contributed by atoms with Gasteiger partial charge in [-0.3, -0.25) is 4.79 Å². The van der Waals surface area contributed by atoms with Crippen LogP contribution < -0.4 is 5.32 Å². The molecule has 0 radical (unpaired) electrons. The average molecular weight is 392 g/mol. The van der Waals surface area contributed by atoms with Crippen molar-refractivity contribution in [3.63, 3.8) is 0 Å². The van der Waals surface area contributed by atoms with Crippen molar-refractivity contribution < 1.29 is 14.3 Å². The van der Waals surface area contributed by atoms with Gasteiger partial charge in [0, 0.05) is 26.8 Å². The van der Waals surface area contributed by atoms with Gasteiger partial charge in [-0.05, 0) is 46.3 Å². The number of amides is 1. The van der Waals surface area contributed by atoms with Gasteiger partial charge in [0.1, 0.15) is 11.9 Å². The molecule has 118 valence electrons. The third-order valence-electron chi connectivity index (χ3n) is 3.33. The van der Waals surface area contributed by atoms with E-state index >= 15 is 0 Å². The van der Waals surface area contributed by atoms with Gasteiger partial charge >= 0.3 is 0 Å². The van der Waals surface area contributed by atoms with E-state index in [4.69, 9.17) is 4.42 Å². The molecule has 0 aliphatic carbocycles. The molecule has 1 atom stereocenters.